The maximum atomic E-state index is 6.26. The number of fused-ring (bicyclic) bond motifs is 1. The second-order valence-corrected chi connectivity index (χ2v) is 5.81. The van der Waals surface area contributed by atoms with Gasteiger partial charge in [-0.1, -0.05) is 18.2 Å². The van der Waals surface area contributed by atoms with Gasteiger partial charge in [-0.3, -0.25) is 0 Å². The van der Waals surface area contributed by atoms with Gasteiger partial charge in [0.25, 0.3) is 0 Å². The highest BCUT2D eigenvalue weighted by Crippen LogP contribution is 2.38. The molecular formula is C12H15N5S. The lowest BCUT2D eigenvalue weighted by molar-refractivity contribution is 0.602. The summed E-state index contributed by atoms with van der Waals surface area (Å²) >= 11 is 1.86. The van der Waals surface area contributed by atoms with E-state index in [-0.39, 0.29) is 6.04 Å². The lowest BCUT2D eigenvalue weighted by atomic mass is 10.0. The minimum atomic E-state index is 0.0617. The molecule has 0 saturated heterocycles. The summed E-state index contributed by atoms with van der Waals surface area (Å²) in [5.74, 6) is 0.724. The van der Waals surface area contributed by atoms with Gasteiger partial charge in [0.2, 0.25) is 0 Å². The predicted molar refractivity (Wildman–Crippen MR) is 70.3 cm³/mol. The van der Waals surface area contributed by atoms with E-state index in [2.05, 4.69) is 39.7 Å². The highest BCUT2D eigenvalue weighted by molar-refractivity contribution is 8.00. The first-order valence-corrected chi connectivity index (χ1v) is 6.83. The SMILES string of the molecule is Cn1nnc(CC(N)C2Cc3ccccc3S2)n1. The Kier molecular flexibility index (Phi) is 3.05. The number of tetrazole rings is 1. The van der Waals surface area contributed by atoms with Crippen molar-refractivity contribution in [3.8, 4) is 0 Å². The first kappa shape index (κ1) is 11.7. The van der Waals surface area contributed by atoms with E-state index in [1.165, 1.54) is 15.3 Å². The van der Waals surface area contributed by atoms with Crippen molar-refractivity contribution < 1.29 is 0 Å². The molecule has 3 rings (SSSR count). The molecule has 1 aromatic heterocycles. The maximum Gasteiger partial charge on any atom is 0.176 e. The lowest BCUT2D eigenvalue weighted by Gasteiger charge is -2.16. The molecule has 2 N–H and O–H groups in total. The van der Waals surface area contributed by atoms with Crippen molar-refractivity contribution >= 4 is 11.8 Å². The van der Waals surface area contributed by atoms with Crippen LogP contribution in [0.4, 0.5) is 0 Å². The van der Waals surface area contributed by atoms with Crippen LogP contribution in [0, 0.1) is 0 Å². The zero-order valence-electron chi connectivity index (χ0n) is 10.2. The Morgan fingerprint density at radius 2 is 2.33 bits per heavy atom. The number of thioether (sulfide) groups is 1. The van der Waals surface area contributed by atoms with Crippen molar-refractivity contribution in [2.45, 2.75) is 29.0 Å². The van der Waals surface area contributed by atoms with E-state index >= 15 is 0 Å². The summed E-state index contributed by atoms with van der Waals surface area (Å²) in [4.78, 5) is 2.82. The van der Waals surface area contributed by atoms with Crippen LogP contribution in [0.15, 0.2) is 29.2 Å². The summed E-state index contributed by atoms with van der Waals surface area (Å²) < 4.78 is 0. The van der Waals surface area contributed by atoms with Gasteiger partial charge in [-0.15, -0.1) is 22.0 Å². The molecule has 0 aliphatic carbocycles. The van der Waals surface area contributed by atoms with Crippen LogP contribution in [0.25, 0.3) is 0 Å². The average Bonchev–Trinajstić information content (AvgIpc) is 2.95. The maximum absolute atomic E-state index is 6.26. The summed E-state index contributed by atoms with van der Waals surface area (Å²) in [6.45, 7) is 0. The summed E-state index contributed by atoms with van der Waals surface area (Å²) in [5.41, 5.74) is 7.66. The van der Waals surface area contributed by atoms with Gasteiger partial charge in [-0.2, -0.15) is 4.80 Å². The van der Waals surface area contributed by atoms with Crippen LogP contribution in [0.3, 0.4) is 0 Å². The third kappa shape index (κ3) is 2.26. The van der Waals surface area contributed by atoms with Gasteiger partial charge in [0.05, 0.1) is 7.05 Å². The van der Waals surface area contributed by atoms with Crippen LogP contribution in [-0.2, 0) is 19.9 Å². The van der Waals surface area contributed by atoms with E-state index in [9.17, 15) is 0 Å². The Bertz CT molecular complexity index is 528. The molecule has 1 aliphatic rings. The van der Waals surface area contributed by atoms with Crippen molar-refractivity contribution in [2.75, 3.05) is 0 Å². The quantitative estimate of drug-likeness (QED) is 0.885. The Labute approximate surface area is 110 Å². The minimum Gasteiger partial charge on any atom is -0.326 e. The molecule has 2 atom stereocenters. The number of nitrogens with two attached hydrogens (primary N) is 1. The first-order valence-electron chi connectivity index (χ1n) is 5.95. The number of aromatic nitrogens is 4. The second kappa shape index (κ2) is 4.70. The average molecular weight is 261 g/mol. The number of nitrogens with zero attached hydrogens (tertiary/aromatic N) is 4. The first-order chi connectivity index (χ1) is 8.72. The molecule has 0 radical (unpaired) electrons. The molecule has 0 amide bonds. The monoisotopic (exact) mass is 261 g/mol. The van der Waals surface area contributed by atoms with Crippen LogP contribution in [-0.4, -0.2) is 31.5 Å². The van der Waals surface area contributed by atoms with Gasteiger partial charge in [0.1, 0.15) is 0 Å². The molecule has 18 heavy (non-hydrogen) atoms. The van der Waals surface area contributed by atoms with Crippen molar-refractivity contribution in [2.24, 2.45) is 12.8 Å². The Morgan fingerprint density at radius 3 is 3.06 bits per heavy atom. The number of benzene rings is 1. The molecule has 2 unspecified atom stereocenters. The number of hydrogen-bond acceptors (Lipinski definition) is 5. The number of aryl methyl sites for hydroxylation is 1. The molecule has 2 aromatic rings. The molecule has 0 saturated carbocycles. The summed E-state index contributed by atoms with van der Waals surface area (Å²) in [6, 6.07) is 8.55. The van der Waals surface area contributed by atoms with E-state index < -0.39 is 0 Å². The molecule has 0 spiro atoms. The molecule has 5 nitrogen and oxygen atoms in total. The molecule has 94 valence electrons. The second-order valence-electron chi connectivity index (χ2n) is 4.53. The van der Waals surface area contributed by atoms with E-state index in [0.29, 0.717) is 11.7 Å². The number of hydrogen-bond donors (Lipinski definition) is 1. The Balaban J connectivity index is 1.67. The molecule has 1 aromatic carbocycles. The third-order valence-electron chi connectivity index (χ3n) is 3.12. The van der Waals surface area contributed by atoms with E-state index in [4.69, 9.17) is 5.73 Å². The molecule has 2 heterocycles. The van der Waals surface area contributed by atoms with Gasteiger partial charge < -0.3 is 5.73 Å². The van der Waals surface area contributed by atoms with Crippen LogP contribution in [0.5, 0.6) is 0 Å². The van der Waals surface area contributed by atoms with Crippen molar-refractivity contribution in [3.05, 3.63) is 35.7 Å². The topological polar surface area (TPSA) is 69.6 Å². The lowest BCUT2D eigenvalue weighted by Crippen LogP contribution is -2.34. The van der Waals surface area contributed by atoms with E-state index in [0.717, 1.165) is 12.2 Å². The van der Waals surface area contributed by atoms with Crippen molar-refractivity contribution in [3.63, 3.8) is 0 Å². The molecule has 0 bridgehead atoms. The fourth-order valence-corrected chi connectivity index (χ4v) is 3.51. The fraction of sp³-hybridized carbons (Fsp3) is 0.417. The summed E-state index contributed by atoms with van der Waals surface area (Å²) in [7, 11) is 1.77. The smallest absolute Gasteiger partial charge is 0.176 e. The van der Waals surface area contributed by atoms with E-state index in [1.54, 1.807) is 7.05 Å². The molecule has 0 fully saturated rings. The minimum absolute atomic E-state index is 0.0617. The summed E-state index contributed by atoms with van der Waals surface area (Å²) in [6.07, 6.45) is 1.71. The fourth-order valence-electron chi connectivity index (χ4n) is 2.20. The van der Waals surface area contributed by atoms with Gasteiger partial charge in [0, 0.05) is 22.6 Å². The third-order valence-corrected chi connectivity index (χ3v) is 4.59. The number of rotatable bonds is 3. The normalized spacial score (nSPS) is 19.8. The van der Waals surface area contributed by atoms with Crippen LogP contribution in [0.2, 0.25) is 0 Å². The highest BCUT2D eigenvalue weighted by atomic mass is 32.2. The van der Waals surface area contributed by atoms with Crippen LogP contribution >= 0.6 is 11.8 Å². The van der Waals surface area contributed by atoms with Gasteiger partial charge in [-0.05, 0) is 23.3 Å². The van der Waals surface area contributed by atoms with Crippen molar-refractivity contribution in [1.29, 1.82) is 0 Å². The summed E-state index contributed by atoms with van der Waals surface area (Å²) in [5, 5.41) is 12.4. The van der Waals surface area contributed by atoms with Gasteiger partial charge in [-0.25, -0.2) is 0 Å². The molecule has 6 heteroatoms. The van der Waals surface area contributed by atoms with Crippen LogP contribution < -0.4 is 5.73 Å². The standard InChI is InChI=1S/C12H15N5S/c1-17-15-12(14-16-17)7-9(13)11-6-8-4-2-3-5-10(8)18-11/h2-5,9,11H,6-7,13H2,1H3. The highest BCUT2D eigenvalue weighted by Gasteiger charge is 2.27. The van der Waals surface area contributed by atoms with Gasteiger partial charge in [0.15, 0.2) is 5.82 Å². The largest absolute Gasteiger partial charge is 0.326 e. The zero-order chi connectivity index (χ0) is 12.5. The Hall–Kier alpha value is -1.40. The van der Waals surface area contributed by atoms with Crippen molar-refractivity contribution in [1.82, 2.24) is 20.2 Å². The molecule has 1 aliphatic heterocycles. The van der Waals surface area contributed by atoms with Gasteiger partial charge >= 0.3 is 0 Å². The van der Waals surface area contributed by atoms with E-state index in [1.807, 2.05) is 11.8 Å². The molecular weight excluding hydrogens is 246 g/mol. The predicted octanol–water partition coefficient (Wildman–Crippen LogP) is 0.797. The van der Waals surface area contributed by atoms with Crippen LogP contribution in [0.1, 0.15) is 11.4 Å². The Morgan fingerprint density at radius 1 is 1.50 bits per heavy atom. The zero-order valence-corrected chi connectivity index (χ0v) is 11.0.